The number of thioether (sulfide) groups is 1. The second kappa shape index (κ2) is 11.3. The highest BCUT2D eigenvalue weighted by molar-refractivity contribution is 7.99. The lowest BCUT2D eigenvalue weighted by molar-refractivity contribution is -0.237. The Labute approximate surface area is 193 Å². The van der Waals surface area contributed by atoms with Gasteiger partial charge in [0, 0.05) is 0 Å². The van der Waals surface area contributed by atoms with Crippen LogP contribution >= 0.6 is 11.8 Å². The van der Waals surface area contributed by atoms with Gasteiger partial charge in [0.15, 0.2) is 0 Å². The van der Waals surface area contributed by atoms with E-state index in [1.165, 1.54) is 5.39 Å². The molecule has 32 heavy (non-hydrogen) atoms. The van der Waals surface area contributed by atoms with E-state index in [0.29, 0.717) is 13.2 Å². The second-order valence-electron chi connectivity index (χ2n) is 7.89. The second-order valence-corrected chi connectivity index (χ2v) is 9.27. The van der Waals surface area contributed by atoms with Crippen molar-refractivity contribution in [2.45, 2.75) is 50.0 Å². The van der Waals surface area contributed by atoms with Gasteiger partial charge in [0.2, 0.25) is 0 Å². The minimum Gasteiger partial charge on any atom is -0.394 e. The van der Waals surface area contributed by atoms with Gasteiger partial charge in [-0.05, 0) is 33.7 Å². The summed E-state index contributed by atoms with van der Waals surface area (Å²) in [4.78, 5) is 0. The molecular weight excluding hydrogens is 424 g/mol. The summed E-state index contributed by atoms with van der Waals surface area (Å²) in [5.74, 6) is 0.821. The Kier molecular flexibility index (Phi) is 8.19. The Balaban J connectivity index is 1.52. The van der Waals surface area contributed by atoms with Gasteiger partial charge in [0.25, 0.3) is 0 Å². The maximum atomic E-state index is 10.9. The molecule has 0 aromatic heterocycles. The minimum atomic E-state index is -0.991. The molecule has 0 spiro atoms. The number of rotatable bonds is 9. The molecule has 4 rings (SSSR count). The molecule has 1 heterocycles. The van der Waals surface area contributed by atoms with E-state index in [2.05, 4.69) is 24.3 Å². The molecule has 0 aliphatic carbocycles. The van der Waals surface area contributed by atoms with Gasteiger partial charge in [-0.25, -0.2) is 0 Å². The van der Waals surface area contributed by atoms with Crippen molar-refractivity contribution >= 4 is 22.5 Å². The molecular formula is C26H30O5S. The highest BCUT2D eigenvalue weighted by atomic mass is 32.2. The highest BCUT2D eigenvalue weighted by Gasteiger charge is 2.46. The van der Waals surface area contributed by atoms with E-state index >= 15 is 0 Å². The molecule has 1 aliphatic rings. The summed E-state index contributed by atoms with van der Waals surface area (Å²) in [6.07, 6.45) is -2.80. The highest BCUT2D eigenvalue weighted by Crippen LogP contribution is 2.33. The molecule has 170 valence electrons. The Morgan fingerprint density at radius 1 is 0.844 bits per heavy atom. The molecule has 5 nitrogen and oxygen atoms in total. The number of benzene rings is 3. The zero-order valence-electron chi connectivity index (χ0n) is 18.2. The predicted octanol–water partition coefficient (Wildman–Crippen LogP) is 4.14. The summed E-state index contributed by atoms with van der Waals surface area (Å²) in [6, 6.07) is 24.3. The van der Waals surface area contributed by atoms with Gasteiger partial charge in [0.05, 0.1) is 19.8 Å². The fourth-order valence-corrected chi connectivity index (χ4v) is 4.97. The third kappa shape index (κ3) is 5.52. The van der Waals surface area contributed by atoms with Gasteiger partial charge in [0.1, 0.15) is 29.9 Å². The Hall–Kier alpha value is -1.93. The van der Waals surface area contributed by atoms with E-state index in [9.17, 15) is 10.2 Å². The molecule has 0 amide bonds. The van der Waals surface area contributed by atoms with E-state index in [1.807, 2.05) is 55.5 Å². The fraction of sp³-hybridized carbons (Fsp3) is 0.385. The Morgan fingerprint density at radius 2 is 1.53 bits per heavy atom. The van der Waals surface area contributed by atoms with Crippen molar-refractivity contribution in [3.8, 4) is 0 Å². The molecule has 1 fully saturated rings. The first-order valence-electron chi connectivity index (χ1n) is 11.0. The Morgan fingerprint density at radius 3 is 2.28 bits per heavy atom. The van der Waals surface area contributed by atoms with Crippen LogP contribution < -0.4 is 0 Å². The zero-order valence-corrected chi connectivity index (χ0v) is 19.0. The summed E-state index contributed by atoms with van der Waals surface area (Å²) in [7, 11) is 0. The first-order chi connectivity index (χ1) is 15.7. The lowest BCUT2D eigenvalue weighted by Gasteiger charge is -2.43. The van der Waals surface area contributed by atoms with Gasteiger partial charge in [-0.2, -0.15) is 0 Å². The van der Waals surface area contributed by atoms with Crippen LogP contribution in [0.5, 0.6) is 0 Å². The van der Waals surface area contributed by atoms with Crippen LogP contribution in [-0.4, -0.2) is 52.4 Å². The average Bonchev–Trinajstić information content (AvgIpc) is 2.83. The molecule has 1 aliphatic heterocycles. The topological polar surface area (TPSA) is 68.2 Å². The number of ether oxygens (including phenoxy) is 3. The number of aliphatic hydroxyl groups excluding tert-OH is 2. The maximum absolute atomic E-state index is 10.9. The van der Waals surface area contributed by atoms with Gasteiger partial charge in [-0.1, -0.05) is 73.7 Å². The number of aliphatic hydroxyl groups is 2. The van der Waals surface area contributed by atoms with Crippen LogP contribution in [0.25, 0.3) is 10.8 Å². The molecule has 3 aromatic carbocycles. The summed E-state index contributed by atoms with van der Waals surface area (Å²) < 4.78 is 18.5. The average molecular weight is 455 g/mol. The molecule has 6 heteroatoms. The van der Waals surface area contributed by atoms with E-state index in [0.717, 1.165) is 22.3 Å². The van der Waals surface area contributed by atoms with Crippen molar-refractivity contribution in [1.82, 2.24) is 0 Å². The quantitative estimate of drug-likeness (QED) is 0.507. The van der Waals surface area contributed by atoms with Gasteiger partial charge < -0.3 is 24.4 Å². The molecule has 5 atom stereocenters. The molecule has 0 unspecified atom stereocenters. The van der Waals surface area contributed by atoms with Crippen LogP contribution in [0.15, 0.2) is 72.8 Å². The number of hydrogen-bond donors (Lipinski definition) is 2. The first kappa shape index (κ1) is 23.2. The molecule has 0 saturated carbocycles. The summed E-state index contributed by atoms with van der Waals surface area (Å²) in [5, 5.41) is 23.0. The lowest BCUT2D eigenvalue weighted by Crippen LogP contribution is -2.59. The Bertz CT molecular complexity index is 982. The number of fused-ring (bicyclic) bond motifs is 1. The van der Waals surface area contributed by atoms with Crippen molar-refractivity contribution < 1.29 is 24.4 Å². The smallest absolute Gasteiger partial charge is 0.132 e. The van der Waals surface area contributed by atoms with Crippen LogP contribution in [0.1, 0.15) is 18.1 Å². The first-order valence-corrected chi connectivity index (χ1v) is 12.0. The largest absolute Gasteiger partial charge is 0.394 e. The minimum absolute atomic E-state index is 0.275. The van der Waals surface area contributed by atoms with Gasteiger partial charge in [-0.3, -0.25) is 0 Å². The molecule has 2 N–H and O–H groups in total. The van der Waals surface area contributed by atoms with E-state index in [1.54, 1.807) is 11.8 Å². The van der Waals surface area contributed by atoms with Crippen molar-refractivity contribution in [2.75, 3.05) is 12.4 Å². The summed E-state index contributed by atoms with van der Waals surface area (Å²) in [6.45, 7) is 2.50. The van der Waals surface area contributed by atoms with Gasteiger partial charge >= 0.3 is 0 Å². The molecule has 0 bridgehead atoms. The summed E-state index contributed by atoms with van der Waals surface area (Å²) in [5.41, 5.74) is 1.72. The number of hydrogen-bond acceptors (Lipinski definition) is 6. The van der Waals surface area contributed by atoms with E-state index in [-0.39, 0.29) is 12.0 Å². The van der Waals surface area contributed by atoms with Crippen molar-refractivity contribution in [2.24, 2.45) is 0 Å². The fourth-order valence-electron chi connectivity index (χ4n) is 3.99. The van der Waals surface area contributed by atoms with Crippen LogP contribution in [-0.2, 0) is 27.4 Å². The third-order valence-corrected chi connectivity index (χ3v) is 6.71. The SMILES string of the molecule is CCS[C@@H]1O[C@H](CO)[C@@H](O)[C@H](OCc2ccc3ccccc3c2)[C@H]1OCc1ccccc1. The van der Waals surface area contributed by atoms with Gasteiger partial charge in [-0.15, -0.1) is 11.8 Å². The molecule has 1 saturated heterocycles. The molecule has 0 radical (unpaired) electrons. The van der Waals surface area contributed by atoms with Crippen LogP contribution in [0, 0.1) is 0 Å². The summed E-state index contributed by atoms with van der Waals surface area (Å²) >= 11 is 1.59. The van der Waals surface area contributed by atoms with Crippen LogP contribution in [0.2, 0.25) is 0 Å². The predicted molar refractivity (Wildman–Crippen MR) is 127 cm³/mol. The van der Waals surface area contributed by atoms with Crippen LogP contribution in [0.3, 0.4) is 0 Å². The van der Waals surface area contributed by atoms with E-state index in [4.69, 9.17) is 14.2 Å². The van der Waals surface area contributed by atoms with Crippen molar-refractivity contribution in [3.63, 3.8) is 0 Å². The normalized spacial score (nSPS) is 25.8. The van der Waals surface area contributed by atoms with Crippen LogP contribution in [0.4, 0.5) is 0 Å². The van der Waals surface area contributed by atoms with E-state index < -0.39 is 24.4 Å². The zero-order chi connectivity index (χ0) is 22.3. The third-order valence-electron chi connectivity index (χ3n) is 5.67. The molecule has 3 aromatic rings. The lowest BCUT2D eigenvalue weighted by atomic mass is 9.99. The van der Waals surface area contributed by atoms with Crippen molar-refractivity contribution in [1.29, 1.82) is 0 Å². The monoisotopic (exact) mass is 454 g/mol. The maximum Gasteiger partial charge on any atom is 0.132 e. The van der Waals surface area contributed by atoms with Crippen molar-refractivity contribution in [3.05, 3.63) is 83.9 Å². The standard InChI is InChI=1S/C26H30O5S/c1-2-32-26-25(30-16-18-8-4-3-5-9-18)24(23(28)22(15-27)31-26)29-17-19-12-13-20-10-6-7-11-21(20)14-19/h3-14,22-28H,2,15-17H2,1H3/t22-,23-,24+,25-,26+/m1/s1.